The molecule has 0 unspecified atom stereocenters. The normalized spacial score (nSPS) is 15.3. The maximum Gasteiger partial charge on any atom is 0.261 e. The molecule has 2 aliphatic heterocycles. The number of ketones is 1. The van der Waals surface area contributed by atoms with E-state index >= 15 is 0 Å². The second-order valence-electron chi connectivity index (χ2n) is 7.80. The summed E-state index contributed by atoms with van der Waals surface area (Å²) < 4.78 is 0. The van der Waals surface area contributed by atoms with Crippen molar-refractivity contribution in [3.63, 3.8) is 0 Å². The van der Waals surface area contributed by atoms with Gasteiger partial charge in [-0.1, -0.05) is 84.9 Å². The molecule has 156 valence electrons. The van der Waals surface area contributed by atoms with Crippen molar-refractivity contribution in [1.29, 1.82) is 0 Å². The molecule has 2 aliphatic rings. The maximum absolute atomic E-state index is 13.7. The van der Waals surface area contributed by atoms with Gasteiger partial charge in [-0.05, 0) is 23.6 Å². The second-order valence-corrected chi connectivity index (χ2v) is 7.80. The van der Waals surface area contributed by atoms with Gasteiger partial charge in [-0.3, -0.25) is 14.4 Å². The lowest BCUT2D eigenvalue weighted by Gasteiger charge is -2.22. The van der Waals surface area contributed by atoms with Gasteiger partial charge in [0, 0.05) is 5.56 Å². The highest BCUT2D eigenvalue weighted by atomic mass is 16.2. The molecule has 2 amide bonds. The first-order valence-corrected chi connectivity index (χ1v) is 10.4. The molecule has 3 aromatic rings. The standard InChI is InChI=1S/C27H20N2O3/c1-17(30)19-14-12-18(13-15-19)16-29-25(21-10-6-3-7-11-21)23-22(27(29)32)24(28-26(23)31)20-8-4-2-5-9-20/h2-15H,16H2,1H3,(H,28,31). The van der Waals surface area contributed by atoms with Crippen LogP contribution in [0.4, 0.5) is 0 Å². The topological polar surface area (TPSA) is 66.5 Å². The number of amides is 2. The summed E-state index contributed by atoms with van der Waals surface area (Å²) in [7, 11) is 0. The van der Waals surface area contributed by atoms with Gasteiger partial charge in [0.05, 0.1) is 29.1 Å². The van der Waals surface area contributed by atoms with E-state index in [1.165, 1.54) is 6.92 Å². The quantitative estimate of drug-likeness (QED) is 0.630. The van der Waals surface area contributed by atoms with Crippen LogP contribution in [0.3, 0.4) is 0 Å². The van der Waals surface area contributed by atoms with Gasteiger partial charge in [0.15, 0.2) is 5.78 Å². The zero-order valence-electron chi connectivity index (χ0n) is 17.5. The fourth-order valence-corrected chi connectivity index (χ4v) is 4.18. The van der Waals surface area contributed by atoms with Crippen LogP contribution >= 0.6 is 0 Å². The molecule has 2 heterocycles. The van der Waals surface area contributed by atoms with Crippen LogP contribution in [-0.2, 0) is 16.1 Å². The van der Waals surface area contributed by atoms with Crippen LogP contribution in [0, 0.1) is 0 Å². The molecule has 1 N–H and O–H groups in total. The van der Waals surface area contributed by atoms with Gasteiger partial charge >= 0.3 is 0 Å². The third kappa shape index (κ3) is 3.24. The number of carbonyl (C=O) groups excluding carboxylic acids is 3. The lowest BCUT2D eigenvalue weighted by molar-refractivity contribution is -0.123. The van der Waals surface area contributed by atoms with E-state index in [4.69, 9.17) is 0 Å². The maximum atomic E-state index is 13.7. The first kappa shape index (κ1) is 19.7. The molecule has 0 saturated heterocycles. The van der Waals surface area contributed by atoms with E-state index in [0.717, 1.165) is 16.7 Å². The summed E-state index contributed by atoms with van der Waals surface area (Å²) in [5, 5.41) is 2.90. The Balaban J connectivity index is 1.64. The average Bonchev–Trinajstić information content (AvgIpc) is 3.30. The van der Waals surface area contributed by atoms with Gasteiger partial charge in [0.1, 0.15) is 0 Å². The number of hydrogen-bond acceptors (Lipinski definition) is 3. The highest BCUT2D eigenvalue weighted by molar-refractivity contribution is 6.30. The molecule has 0 saturated carbocycles. The molecule has 0 spiro atoms. The third-order valence-corrected chi connectivity index (χ3v) is 5.74. The highest BCUT2D eigenvalue weighted by Crippen LogP contribution is 2.43. The Hall–Kier alpha value is -4.25. The van der Waals surface area contributed by atoms with E-state index in [1.54, 1.807) is 17.0 Å². The predicted molar refractivity (Wildman–Crippen MR) is 122 cm³/mol. The smallest absolute Gasteiger partial charge is 0.261 e. The Morgan fingerprint density at radius 2 is 1.38 bits per heavy atom. The first-order chi connectivity index (χ1) is 15.5. The van der Waals surface area contributed by atoms with Crippen molar-refractivity contribution in [3.8, 4) is 0 Å². The molecule has 0 radical (unpaired) electrons. The lowest BCUT2D eigenvalue weighted by Crippen LogP contribution is -2.27. The highest BCUT2D eigenvalue weighted by Gasteiger charge is 2.45. The van der Waals surface area contributed by atoms with Gasteiger partial charge in [0.25, 0.3) is 11.8 Å². The number of hydrogen-bond donors (Lipinski definition) is 1. The van der Waals surface area contributed by atoms with Gasteiger partial charge in [-0.25, -0.2) is 0 Å². The number of fused-ring (bicyclic) bond motifs is 1. The molecule has 5 heteroatoms. The minimum absolute atomic E-state index is 0.00949. The second kappa shape index (κ2) is 7.78. The van der Waals surface area contributed by atoms with Crippen LogP contribution in [0.25, 0.3) is 11.4 Å². The SMILES string of the molecule is CC(=O)c1ccc(CN2C(=O)C3=C(c4ccccc4)NC(=O)C3=C2c2ccccc2)cc1. The summed E-state index contributed by atoms with van der Waals surface area (Å²) in [5.74, 6) is -0.503. The molecular weight excluding hydrogens is 400 g/mol. The van der Waals surface area contributed by atoms with E-state index in [1.807, 2.05) is 72.8 Å². The van der Waals surface area contributed by atoms with Gasteiger partial charge < -0.3 is 10.2 Å². The van der Waals surface area contributed by atoms with Crippen molar-refractivity contribution in [2.75, 3.05) is 0 Å². The van der Waals surface area contributed by atoms with Crippen LogP contribution in [-0.4, -0.2) is 22.5 Å². The molecule has 5 nitrogen and oxygen atoms in total. The summed E-state index contributed by atoms with van der Waals surface area (Å²) in [6, 6.07) is 26.1. The van der Waals surface area contributed by atoms with Gasteiger partial charge in [-0.2, -0.15) is 0 Å². The first-order valence-electron chi connectivity index (χ1n) is 10.4. The van der Waals surface area contributed by atoms with Gasteiger partial charge in [0.2, 0.25) is 0 Å². The Kier molecular flexibility index (Phi) is 4.79. The minimum Gasteiger partial charge on any atom is -0.321 e. The number of rotatable bonds is 5. The van der Waals surface area contributed by atoms with E-state index < -0.39 is 0 Å². The molecule has 0 aliphatic carbocycles. The molecule has 32 heavy (non-hydrogen) atoms. The zero-order valence-corrected chi connectivity index (χ0v) is 17.5. The predicted octanol–water partition coefficient (Wildman–Crippen LogP) is 4.18. The Labute approximate surface area is 185 Å². The molecule has 0 aromatic heterocycles. The Morgan fingerprint density at radius 1 is 0.781 bits per heavy atom. The summed E-state index contributed by atoms with van der Waals surface area (Å²) >= 11 is 0. The van der Waals surface area contributed by atoms with Crippen molar-refractivity contribution in [1.82, 2.24) is 10.2 Å². The average molecular weight is 420 g/mol. The zero-order chi connectivity index (χ0) is 22.2. The summed E-state index contributed by atoms with van der Waals surface area (Å²) in [6.07, 6.45) is 0. The summed E-state index contributed by atoms with van der Waals surface area (Å²) in [6.45, 7) is 1.82. The number of nitrogens with zero attached hydrogens (tertiary/aromatic N) is 1. The fraction of sp³-hybridized carbons (Fsp3) is 0.0741. The third-order valence-electron chi connectivity index (χ3n) is 5.74. The summed E-state index contributed by atoms with van der Waals surface area (Å²) in [5.41, 5.74) is 5.03. The number of Topliss-reactive ketones (excluding diaryl/α,β-unsaturated/α-hetero) is 1. The number of benzene rings is 3. The monoisotopic (exact) mass is 420 g/mol. The van der Waals surface area contributed by atoms with Crippen molar-refractivity contribution >= 4 is 29.0 Å². The van der Waals surface area contributed by atoms with Crippen LogP contribution in [0.15, 0.2) is 96.1 Å². The van der Waals surface area contributed by atoms with Crippen molar-refractivity contribution in [2.24, 2.45) is 0 Å². The van der Waals surface area contributed by atoms with E-state index in [2.05, 4.69) is 5.32 Å². The van der Waals surface area contributed by atoms with Crippen LogP contribution in [0.5, 0.6) is 0 Å². The largest absolute Gasteiger partial charge is 0.321 e. The molecule has 3 aromatic carbocycles. The van der Waals surface area contributed by atoms with E-state index in [9.17, 15) is 14.4 Å². The molecule has 5 rings (SSSR count). The van der Waals surface area contributed by atoms with E-state index in [0.29, 0.717) is 34.6 Å². The van der Waals surface area contributed by atoms with Crippen molar-refractivity contribution < 1.29 is 14.4 Å². The fourth-order valence-electron chi connectivity index (χ4n) is 4.18. The molecule has 0 fully saturated rings. The lowest BCUT2D eigenvalue weighted by atomic mass is 10.0. The summed E-state index contributed by atoms with van der Waals surface area (Å²) in [4.78, 5) is 40.0. The Bertz CT molecular complexity index is 1300. The van der Waals surface area contributed by atoms with Crippen molar-refractivity contribution in [3.05, 3.63) is 118 Å². The van der Waals surface area contributed by atoms with Crippen LogP contribution in [0.2, 0.25) is 0 Å². The van der Waals surface area contributed by atoms with E-state index in [-0.39, 0.29) is 17.6 Å². The molecule has 0 bridgehead atoms. The van der Waals surface area contributed by atoms with Crippen molar-refractivity contribution in [2.45, 2.75) is 13.5 Å². The number of carbonyl (C=O) groups is 3. The van der Waals surface area contributed by atoms with Crippen LogP contribution < -0.4 is 5.32 Å². The molecular formula is C27H20N2O3. The minimum atomic E-state index is -0.277. The number of nitrogens with one attached hydrogen (secondary N) is 1. The Morgan fingerprint density at radius 3 is 1.97 bits per heavy atom. The van der Waals surface area contributed by atoms with Crippen LogP contribution in [0.1, 0.15) is 34.0 Å². The molecule has 0 atom stereocenters. The van der Waals surface area contributed by atoms with Gasteiger partial charge in [-0.15, -0.1) is 0 Å².